The van der Waals surface area contributed by atoms with Gasteiger partial charge in [0.1, 0.15) is 0 Å². The number of hydrogen-bond acceptors (Lipinski definition) is 3. The molecule has 0 aromatic carbocycles. The Morgan fingerprint density at radius 2 is 2.19 bits per heavy atom. The highest BCUT2D eigenvalue weighted by Gasteiger charge is 2.41. The number of aliphatic hydroxyl groups excluding tert-OH is 1. The summed E-state index contributed by atoms with van der Waals surface area (Å²) in [7, 11) is 0. The van der Waals surface area contributed by atoms with Crippen molar-refractivity contribution in [1.82, 2.24) is 0 Å². The molecule has 0 radical (unpaired) electrons. The number of fused-ring (bicyclic) bond motifs is 2. The molecule has 1 saturated heterocycles. The van der Waals surface area contributed by atoms with E-state index >= 15 is 0 Å². The second-order valence-corrected chi connectivity index (χ2v) is 8.83. The molecule has 3 fully saturated rings. The third-order valence-electron chi connectivity index (χ3n) is 6.38. The number of thioether (sulfide) groups is 1. The number of ether oxygens (including phenoxy) is 1. The summed E-state index contributed by atoms with van der Waals surface area (Å²) in [4.78, 5) is 0. The van der Waals surface area contributed by atoms with Gasteiger partial charge < -0.3 is 9.84 Å². The first kappa shape index (κ1) is 14.6. The van der Waals surface area contributed by atoms with Crippen molar-refractivity contribution in [3.63, 3.8) is 0 Å². The molecule has 4 rings (SSSR count). The van der Waals surface area contributed by atoms with Gasteiger partial charge in [-0.2, -0.15) is 11.8 Å². The van der Waals surface area contributed by atoms with Crippen LogP contribution in [0.5, 0.6) is 0 Å². The second-order valence-electron chi connectivity index (χ2n) is 7.56. The molecule has 4 aliphatic rings. The molecule has 21 heavy (non-hydrogen) atoms. The fourth-order valence-corrected chi connectivity index (χ4v) is 6.42. The van der Waals surface area contributed by atoms with Crippen LogP contribution in [-0.4, -0.2) is 29.0 Å². The Bertz CT molecular complexity index is 408. The van der Waals surface area contributed by atoms with Crippen molar-refractivity contribution in [1.29, 1.82) is 0 Å². The molecule has 6 atom stereocenters. The van der Waals surface area contributed by atoms with Crippen molar-refractivity contribution in [3.05, 3.63) is 11.6 Å². The Balaban J connectivity index is 1.38. The van der Waals surface area contributed by atoms with Crippen LogP contribution in [0.4, 0.5) is 0 Å². The predicted molar refractivity (Wildman–Crippen MR) is 87.2 cm³/mol. The summed E-state index contributed by atoms with van der Waals surface area (Å²) in [6.45, 7) is 0.752. The molecule has 0 spiro atoms. The summed E-state index contributed by atoms with van der Waals surface area (Å²) in [6.07, 6.45) is 13.5. The van der Waals surface area contributed by atoms with Gasteiger partial charge in [-0.1, -0.05) is 18.1 Å². The van der Waals surface area contributed by atoms with E-state index in [1.807, 2.05) is 17.3 Å². The minimum absolute atomic E-state index is 0.346. The lowest BCUT2D eigenvalue weighted by Crippen LogP contribution is -2.43. The van der Waals surface area contributed by atoms with Crippen molar-refractivity contribution in [2.24, 2.45) is 23.7 Å². The summed E-state index contributed by atoms with van der Waals surface area (Å²) >= 11 is 1.97. The topological polar surface area (TPSA) is 29.5 Å². The quantitative estimate of drug-likeness (QED) is 0.799. The van der Waals surface area contributed by atoms with Crippen LogP contribution in [-0.2, 0) is 4.74 Å². The lowest BCUT2D eigenvalue weighted by molar-refractivity contribution is -0.174. The summed E-state index contributed by atoms with van der Waals surface area (Å²) in [5.41, 5.74) is 1.82. The smallest absolute Gasteiger partial charge is 0.168 e. The van der Waals surface area contributed by atoms with Gasteiger partial charge in [-0.25, -0.2) is 0 Å². The molecule has 0 amide bonds. The van der Waals surface area contributed by atoms with E-state index < -0.39 is 6.29 Å². The number of rotatable bonds is 3. The average Bonchev–Trinajstić information content (AvgIpc) is 2.52. The van der Waals surface area contributed by atoms with Crippen LogP contribution in [0.15, 0.2) is 11.6 Å². The van der Waals surface area contributed by atoms with Crippen molar-refractivity contribution >= 4 is 11.8 Å². The normalized spacial score (nSPS) is 46.0. The predicted octanol–water partition coefficient (Wildman–Crippen LogP) is 3.99. The van der Waals surface area contributed by atoms with Crippen LogP contribution >= 0.6 is 11.8 Å². The van der Waals surface area contributed by atoms with Gasteiger partial charge in [0.05, 0.1) is 11.9 Å². The maximum atomic E-state index is 9.57. The van der Waals surface area contributed by atoms with Crippen LogP contribution in [0.2, 0.25) is 0 Å². The molecule has 118 valence electrons. The standard InChI is InChI=1S/C18H28O2S/c19-18-17(10-20-18)21-11-15-7-3-6-14-8-12-4-1-2-5-13(12)9-16(14)15/h4,13-19H,1-3,5-11H2. The SMILES string of the molecule is OC1OCC1SCC1CCCC2CC3=CCCCC3CC12. The molecule has 0 aromatic heterocycles. The van der Waals surface area contributed by atoms with Crippen LogP contribution in [0.25, 0.3) is 0 Å². The average molecular weight is 308 g/mol. The fourth-order valence-electron chi connectivity index (χ4n) is 5.09. The highest BCUT2D eigenvalue weighted by molar-refractivity contribution is 8.00. The van der Waals surface area contributed by atoms with E-state index in [0.29, 0.717) is 5.25 Å². The summed E-state index contributed by atoms with van der Waals surface area (Å²) < 4.78 is 5.09. The lowest BCUT2D eigenvalue weighted by Gasteiger charge is -2.47. The van der Waals surface area contributed by atoms with Crippen molar-refractivity contribution in [3.8, 4) is 0 Å². The van der Waals surface area contributed by atoms with E-state index in [-0.39, 0.29) is 0 Å². The first-order valence-electron chi connectivity index (χ1n) is 8.91. The number of allylic oxidation sites excluding steroid dienone is 2. The Morgan fingerprint density at radius 1 is 1.24 bits per heavy atom. The maximum Gasteiger partial charge on any atom is 0.168 e. The van der Waals surface area contributed by atoms with E-state index in [0.717, 1.165) is 30.3 Å². The molecule has 0 aromatic rings. The Hall–Kier alpha value is 0.01000. The molecule has 0 bridgehead atoms. The fraction of sp³-hybridized carbons (Fsp3) is 0.889. The van der Waals surface area contributed by atoms with Gasteiger partial charge in [-0.3, -0.25) is 0 Å². The minimum Gasteiger partial charge on any atom is -0.367 e. The third-order valence-corrected chi connectivity index (χ3v) is 7.79. The molecular formula is C18H28O2S. The van der Waals surface area contributed by atoms with Gasteiger partial charge in [0, 0.05) is 0 Å². The van der Waals surface area contributed by atoms with Crippen LogP contribution in [0.3, 0.4) is 0 Å². The summed E-state index contributed by atoms with van der Waals surface area (Å²) in [5.74, 6) is 4.99. The molecule has 1 heterocycles. The van der Waals surface area contributed by atoms with Gasteiger partial charge in [-0.05, 0) is 74.4 Å². The summed E-state index contributed by atoms with van der Waals surface area (Å²) in [5, 5.41) is 9.92. The third kappa shape index (κ3) is 2.94. The van der Waals surface area contributed by atoms with Gasteiger partial charge in [-0.15, -0.1) is 0 Å². The number of aliphatic hydroxyl groups is 1. The molecule has 1 N–H and O–H groups in total. The molecule has 1 aliphatic heterocycles. The molecule has 3 heteroatoms. The molecule has 2 nitrogen and oxygen atoms in total. The van der Waals surface area contributed by atoms with Gasteiger partial charge in [0.25, 0.3) is 0 Å². The largest absolute Gasteiger partial charge is 0.367 e. The monoisotopic (exact) mass is 308 g/mol. The van der Waals surface area contributed by atoms with Crippen molar-refractivity contribution in [2.45, 2.75) is 62.9 Å². The van der Waals surface area contributed by atoms with Crippen molar-refractivity contribution in [2.75, 3.05) is 12.4 Å². The highest BCUT2D eigenvalue weighted by atomic mass is 32.2. The Morgan fingerprint density at radius 3 is 3.00 bits per heavy atom. The van der Waals surface area contributed by atoms with Crippen molar-refractivity contribution < 1.29 is 9.84 Å². The Labute approximate surface area is 132 Å². The van der Waals surface area contributed by atoms with E-state index in [1.54, 1.807) is 0 Å². The van der Waals surface area contributed by atoms with Crippen LogP contribution in [0.1, 0.15) is 51.4 Å². The first-order valence-corrected chi connectivity index (χ1v) is 9.96. The van der Waals surface area contributed by atoms with Gasteiger partial charge >= 0.3 is 0 Å². The zero-order chi connectivity index (χ0) is 14.2. The highest BCUT2D eigenvalue weighted by Crippen LogP contribution is 2.51. The minimum atomic E-state index is -0.492. The number of hydrogen-bond donors (Lipinski definition) is 1. The van der Waals surface area contributed by atoms with E-state index in [1.165, 1.54) is 57.1 Å². The van der Waals surface area contributed by atoms with Gasteiger partial charge in [0.2, 0.25) is 0 Å². The summed E-state index contributed by atoms with van der Waals surface area (Å²) in [6, 6.07) is 0. The van der Waals surface area contributed by atoms with E-state index in [4.69, 9.17) is 4.74 Å². The molecule has 2 saturated carbocycles. The van der Waals surface area contributed by atoms with E-state index in [2.05, 4.69) is 6.08 Å². The van der Waals surface area contributed by atoms with E-state index in [9.17, 15) is 5.11 Å². The van der Waals surface area contributed by atoms with Gasteiger partial charge in [0.15, 0.2) is 6.29 Å². The lowest BCUT2D eigenvalue weighted by atomic mass is 9.60. The molecule has 6 unspecified atom stereocenters. The molecular weight excluding hydrogens is 280 g/mol. The Kier molecular flexibility index (Phi) is 4.34. The zero-order valence-electron chi connectivity index (χ0n) is 12.9. The van der Waals surface area contributed by atoms with Crippen LogP contribution < -0.4 is 0 Å². The van der Waals surface area contributed by atoms with Crippen LogP contribution in [0, 0.1) is 23.7 Å². The zero-order valence-corrected chi connectivity index (χ0v) is 13.7. The first-order chi connectivity index (χ1) is 10.3. The maximum absolute atomic E-state index is 9.57. The molecule has 3 aliphatic carbocycles. The second kappa shape index (κ2) is 6.25.